The molecule has 5 rings (SSSR count). The van der Waals surface area contributed by atoms with Gasteiger partial charge in [-0.15, -0.1) is 0 Å². The molecular weight excluding hydrogens is 480 g/mol. The lowest BCUT2D eigenvalue weighted by Gasteiger charge is -2.36. The average molecular weight is 517 g/mol. The summed E-state index contributed by atoms with van der Waals surface area (Å²) in [5.74, 6) is 0.203. The van der Waals surface area contributed by atoms with Crippen LogP contribution in [-0.2, 0) is 20.8 Å². The minimum Gasteiger partial charge on any atom is -0.342 e. The molecule has 4 amide bonds. The molecule has 2 aromatic carbocycles. The van der Waals surface area contributed by atoms with Gasteiger partial charge in [0.15, 0.2) is 0 Å². The van der Waals surface area contributed by atoms with E-state index in [0.29, 0.717) is 48.9 Å². The maximum atomic E-state index is 12.7. The summed E-state index contributed by atoms with van der Waals surface area (Å²) in [6, 6.07) is 14.6. The van der Waals surface area contributed by atoms with Gasteiger partial charge in [0.05, 0.1) is 6.42 Å². The highest BCUT2D eigenvalue weighted by Crippen LogP contribution is 2.30. The highest BCUT2D eigenvalue weighted by Gasteiger charge is 2.33. The van der Waals surface area contributed by atoms with Crippen LogP contribution in [0.2, 0.25) is 0 Å². The van der Waals surface area contributed by atoms with E-state index in [2.05, 4.69) is 10.6 Å². The molecule has 1 aliphatic heterocycles. The molecule has 0 aromatic heterocycles. The lowest BCUT2D eigenvalue weighted by molar-refractivity contribution is -0.140. The van der Waals surface area contributed by atoms with Gasteiger partial charge < -0.3 is 20.4 Å². The van der Waals surface area contributed by atoms with Gasteiger partial charge in [-0.25, -0.2) is 0 Å². The Morgan fingerprint density at radius 2 is 1.39 bits per heavy atom. The number of carbonyl (C=O) groups excluding carboxylic acids is 4. The number of likely N-dealkylation sites (tertiary alicyclic amines) is 1. The highest BCUT2D eigenvalue weighted by atomic mass is 16.2. The summed E-state index contributed by atoms with van der Waals surface area (Å²) in [5.41, 5.74) is 2.79. The Bertz CT molecular complexity index is 1180. The molecule has 8 heteroatoms. The number of nitrogens with zero attached hydrogens (tertiary/aromatic N) is 2. The number of piperidine rings is 1. The molecule has 2 N–H and O–H groups in total. The number of nitrogens with one attached hydrogen (secondary N) is 2. The van der Waals surface area contributed by atoms with E-state index in [-0.39, 0.29) is 41.9 Å². The van der Waals surface area contributed by atoms with Gasteiger partial charge in [-0.2, -0.15) is 0 Å². The minimum absolute atomic E-state index is 0.00191. The van der Waals surface area contributed by atoms with Crippen LogP contribution >= 0.6 is 0 Å². The Morgan fingerprint density at radius 1 is 0.789 bits per heavy atom. The zero-order valence-electron chi connectivity index (χ0n) is 21.9. The van der Waals surface area contributed by atoms with Gasteiger partial charge in [0.25, 0.3) is 5.91 Å². The summed E-state index contributed by atoms with van der Waals surface area (Å²) >= 11 is 0. The van der Waals surface area contributed by atoms with Gasteiger partial charge >= 0.3 is 0 Å². The van der Waals surface area contributed by atoms with Gasteiger partial charge in [-0.05, 0) is 80.5 Å². The topological polar surface area (TPSA) is 98.8 Å². The first-order valence-corrected chi connectivity index (χ1v) is 13.7. The van der Waals surface area contributed by atoms with Crippen molar-refractivity contribution < 1.29 is 19.2 Å². The first kappa shape index (κ1) is 25.9. The number of anilines is 2. The summed E-state index contributed by atoms with van der Waals surface area (Å²) in [5, 5.41) is 5.86. The lowest BCUT2D eigenvalue weighted by Crippen LogP contribution is -2.45. The fourth-order valence-electron chi connectivity index (χ4n) is 5.14. The Kier molecular flexibility index (Phi) is 7.77. The van der Waals surface area contributed by atoms with Crippen molar-refractivity contribution in [3.8, 4) is 0 Å². The second-order valence-electron chi connectivity index (χ2n) is 10.9. The minimum atomic E-state index is -0.154. The van der Waals surface area contributed by atoms with E-state index in [1.165, 1.54) is 0 Å². The number of hydrogen-bond donors (Lipinski definition) is 2. The molecule has 2 aromatic rings. The van der Waals surface area contributed by atoms with Crippen molar-refractivity contribution in [3.05, 3.63) is 59.7 Å². The Labute approximate surface area is 223 Å². The van der Waals surface area contributed by atoms with Crippen molar-refractivity contribution >= 4 is 35.0 Å². The quantitative estimate of drug-likeness (QED) is 0.552. The number of rotatable bonds is 8. The number of carbonyl (C=O) groups is 4. The Hall–Kier alpha value is -3.68. The zero-order chi connectivity index (χ0) is 26.6. The molecule has 200 valence electrons. The van der Waals surface area contributed by atoms with E-state index >= 15 is 0 Å². The number of amides is 4. The first-order chi connectivity index (χ1) is 18.4. The van der Waals surface area contributed by atoms with Crippen LogP contribution in [0.4, 0.5) is 11.4 Å². The monoisotopic (exact) mass is 516 g/mol. The molecule has 8 nitrogen and oxygen atoms in total. The van der Waals surface area contributed by atoms with Crippen LogP contribution in [0, 0.1) is 11.8 Å². The fourth-order valence-corrected chi connectivity index (χ4v) is 5.14. The normalized spacial score (nSPS) is 17.9. The van der Waals surface area contributed by atoms with Crippen LogP contribution in [0.5, 0.6) is 0 Å². The smallest absolute Gasteiger partial charge is 0.253 e. The molecule has 2 saturated carbocycles. The van der Waals surface area contributed by atoms with Crippen molar-refractivity contribution in [1.29, 1.82) is 0 Å². The molecule has 0 radical (unpaired) electrons. The fraction of sp³-hybridized carbons (Fsp3) is 0.467. The van der Waals surface area contributed by atoms with E-state index in [9.17, 15) is 19.2 Å². The van der Waals surface area contributed by atoms with Gasteiger partial charge in [-0.3, -0.25) is 19.2 Å². The second-order valence-corrected chi connectivity index (χ2v) is 10.9. The van der Waals surface area contributed by atoms with Crippen molar-refractivity contribution in [3.63, 3.8) is 0 Å². The maximum Gasteiger partial charge on any atom is 0.253 e. The standard InChI is InChI=1S/C30H36N4O4/c1-33(26-13-14-26)29(37)23-7-11-24(12-8-23)31-27(35)19-20-5-9-25(10-6-20)32-28(36)21-15-17-34(18-16-21)30(38)22-3-2-4-22/h5-12,21-22,26H,2-4,13-19H2,1H3,(H,31,35)(H,32,36). The van der Waals surface area contributed by atoms with Crippen molar-refractivity contribution in [1.82, 2.24) is 9.80 Å². The van der Waals surface area contributed by atoms with Crippen LogP contribution in [0.3, 0.4) is 0 Å². The van der Waals surface area contributed by atoms with E-state index in [0.717, 1.165) is 37.7 Å². The summed E-state index contributed by atoms with van der Waals surface area (Å²) in [4.78, 5) is 53.9. The molecule has 38 heavy (non-hydrogen) atoms. The van der Waals surface area contributed by atoms with Crippen molar-refractivity contribution in [2.75, 3.05) is 30.8 Å². The molecule has 0 unspecified atom stereocenters. The molecule has 0 bridgehead atoms. The second kappa shape index (κ2) is 11.4. The third-order valence-corrected chi connectivity index (χ3v) is 8.05. The molecule has 0 spiro atoms. The molecule has 3 aliphatic rings. The molecule has 1 heterocycles. The molecule has 0 atom stereocenters. The summed E-state index contributed by atoms with van der Waals surface area (Å²) < 4.78 is 0. The van der Waals surface area contributed by atoms with Crippen molar-refractivity contribution in [2.24, 2.45) is 11.8 Å². The van der Waals surface area contributed by atoms with Gasteiger partial charge in [0.1, 0.15) is 0 Å². The van der Waals surface area contributed by atoms with E-state index < -0.39 is 0 Å². The first-order valence-electron chi connectivity index (χ1n) is 13.7. The predicted molar refractivity (Wildman–Crippen MR) is 146 cm³/mol. The molecular formula is C30H36N4O4. The number of benzene rings is 2. The predicted octanol–water partition coefficient (Wildman–Crippen LogP) is 4.08. The highest BCUT2D eigenvalue weighted by molar-refractivity contribution is 5.96. The summed E-state index contributed by atoms with van der Waals surface area (Å²) in [7, 11) is 1.83. The van der Waals surface area contributed by atoms with E-state index in [4.69, 9.17) is 0 Å². The summed E-state index contributed by atoms with van der Waals surface area (Å²) in [6.45, 7) is 1.30. The van der Waals surface area contributed by atoms with Crippen LogP contribution in [0.15, 0.2) is 48.5 Å². The van der Waals surface area contributed by atoms with Crippen LogP contribution < -0.4 is 10.6 Å². The third kappa shape index (κ3) is 6.23. The SMILES string of the molecule is CN(C(=O)c1ccc(NC(=O)Cc2ccc(NC(=O)C3CCN(C(=O)C4CCC4)CC3)cc2)cc1)C1CC1. The average Bonchev–Trinajstić information content (AvgIpc) is 3.74. The molecule has 2 aliphatic carbocycles. The van der Waals surface area contributed by atoms with Gasteiger partial charge in [0, 0.05) is 55.0 Å². The zero-order valence-corrected chi connectivity index (χ0v) is 21.9. The molecule has 3 fully saturated rings. The van der Waals surface area contributed by atoms with Gasteiger partial charge in [0.2, 0.25) is 17.7 Å². The van der Waals surface area contributed by atoms with Crippen LogP contribution in [-0.4, -0.2) is 59.6 Å². The van der Waals surface area contributed by atoms with Crippen LogP contribution in [0.25, 0.3) is 0 Å². The summed E-state index contributed by atoms with van der Waals surface area (Å²) in [6.07, 6.45) is 6.86. The van der Waals surface area contributed by atoms with Crippen molar-refractivity contribution in [2.45, 2.75) is 57.4 Å². The number of hydrogen-bond acceptors (Lipinski definition) is 4. The van der Waals surface area contributed by atoms with Crippen LogP contribution in [0.1, 0.15) is 60.9 Å². The lowest BCUT2D eigenvalue weighted by atomic mass is 9.83. The Morgan fingerprint density at radius 3 is 1.97 bits per heavy atom. The van der Waals surface area contributed by atoms with E-state index in [1.54, 1.807) is 29.2 Å². The molecule has 1 saturated heterocycles. The van der Waals surface area contributed by atoms with Gasteiger partial charge in [-0.1, -0.05) is 18.6 Å². The Balaban J connectivity index is 1.06. The largest absolute Gasteiger partial charge is 0.342 e. The van der Waals surface area contributed by atoms with E-state index in [1.807, 2.05) is 36.2 Å². The third-order valence-electron chi connectivity index (χ3n) is 8.05. The maximum absolute atomic E-state index is 12.7.